The lowest BCUT2D eigenvalue weighted by molar-refractivity contribution is -0.124. The van der Waals surface area contributed by atoms with Crippen LogP contribution in [0.5, 0.6) is 5.75 Å². The number of aromatic hydroxyl groups is 1. The Morgan fingerprint density at radius 2 is 1.87 bits per heavy atom. The zero-order valence-electron chi connectivity index (χ0n) is 17.4. The van der Waals surface area contributed by atoms with Crippen molar-refractivity contribution in [3.05, 3.63) is 70.1 Å². The van der Waals surface area contributed by atoms with Crippen molar-refractivity contribution in [2.45, 2.75) is 50.1 Å². The van der Waals surface area contributed by atoms with E-state index in [1.54, 1.807) is 25.1 Å². The summed E-state index contributed by atoms with van der Waals surface area (Å²) in [7, 11) is 0. The molecule has 4 rings (SSSR count). The van der Waals surface area contributed by atoms with Gasteiger partial charge >= 0.3 is 0 Å². The molecule has 1 aliphatic carbocycles. The first-order valence-corrected chi connectivity index (χ1v) is 10.8. The SMILES string of the molecule is CC(N=O)c1cc(C2(C(=O)N[C@H](CN3CCCC3)c3ccccc3)CC2)ccc1O. The van der Waals surface area contributed by atoms with Gasteiger partial charge in [0.05, 0.1) is 11.5 Å². The van der Waals surface area contributed by atoms with Crippen LogP contribution in [0.3, 0.4) is 0 Å². The van der Waals surface area contributed by atoms with E-state index in [1.165, 1.54) is 12.8 Å². The van der Waals surface area contributed by atoms with Crippen LogP contribution in [0.2, 0.25) is 0 Å². The Balaban J connectivity index is 1.57. The van der Waals surface area contributed by atoms with Gasteiger partial charge in [-0.3, -0.25) is 4.79 Å². The van der Waals surface area contributed by atoms with Gasteiger partial charge in [-0.15, -0.1) is 0 Å². The van der Waals surface area contributed by atoms with E-state index in [1.807, 2.05) is 18.2 Å². The lowest BCUT2D eigenvalue weighted by Crippen LogP contribution is -2.41. The molecule has 2 aromatic rings. The zero-order valence-corrected chi connectivity index (χ0v) is 17.4. The predicted molar refractivity (Wildman–Crippen MR) is 116 cm³/mol. The van der Waals surface area contributed by atoms with E-state index >= 15 is 0 Å². The third-order valence-corrected chi connectivity index (χ3v) is 6.52. The van der Waals surface area contributed by atoms with Crippen LogP contribution >= 0.6 is 0 Å². The van der Waals surface area contributed by atoms with Crippen LogP contribution in [-0.4, -0.2) is 35.5 Å². The first kappa shape index (κ1) is 20.5. The zero-order chi connectivity index (χ0) is 21.1. The second-order valence-electron chi connectivity index (χ2n) is 8.58. The van der Waals surface area contributed by atoms with Crippen LogP contribution in [0.25, 0.3) is 0 Å². The van der Waals surface area contributed by atoms with E-state index in [4.69, 9.17) is 0 Å². The number of amides is 1. The number of likely N-dealkylation sites (tertiary alicyclic amines) is 1. The molecule has 1 unspecified atom stereocenters. The van der Waals surface area contributed by atoms with Gasteiger partial charge in [0.25, 0.3) is 0 Å². The minimum Gasteiger partial charge on any atom is -0.508 e. The molecule has 1 heterocycles. The number of rotatable bonds is 8. The highest BCUT2D eigenvalue weighted by Crippen LogP contribution is 2.50. The van der Waals surface area contributed by atoms with Gasteiger partial charge in [-0.2, -0.15) is 4.91 Å². The van der Waals surface area contributed by atoms with Crippen molar-refractivity contribution in [3.8, 4) is 5.75 Å². The maximum Gasteiger partial charge on any atom is 0.231 e. The molecule has 158 valence electrons. The number of nitrogens with one attached hydrogen (secondary N) is 1. The number of carbonyl (C=O) groups excluding carboxylic acids is 1. The number of hydrogen-bond donors (Lipinski definition) is 2. The fourth-order valence-corrected chi connectivity index (χ4v) is 4.45. The summed E-state index contributed by atoms with van der Waals surface area (Å²) in [6.45, 7) is 4.59. The third kappa shape index (κ3) is 4.10. The molecule has 2 atom stereocenters. The molecule has 2 aliphatic rings. The Labute approximate surface area is 177 Å². The van der Waals surface area contributed by atoms with Crippen molar-refractivity contribution < 1.29 is 9.90 Å². The van der Waals surface area contributed by atoms with Crippen LogP contribution in [0, 0.1) is 4.91 Å². The van der Waals surface area contributed by atoms with Gasteiger partial charge in [0.15, 0.2) is 0 Å². The molecule has 6 nitrogen and oxygen atoms in total. The topological polar surface area (TPSA) is 82.0 Å². The van der Waals surface area contributed by atoms with Gasteiger partial charge in [0, 0.05) is 12.1 Å². The molecule has 30 heavy (non-hydrogen) atoms. The molecule has 0 spiro atoms. The van der Waals surface area contributed by atoms with Crippen molar-refractivity contribution in [1.29, 1.82) is 0 Å². The van der Waals surface area contributed by atoms with E-state index in [-0.39, 0.29) is 17.7 Å². The molecule has 1 amide bonds. The predicted octanol–water partition coefficient (Wildman–Crippen LogP) is 4.20. The summed E-state index contributed by atoms with van der Waals surface area (Å²) < 4.78 is 0. The smallest absolute Gasteiger partial charge is 0.231 e. The summed E-state index contributed by atoms with van der Waals surface area (Å²) in [5.74, 6) is 0.0529. The van der Waals surface area contributed by atoms with Gasteiger partial charge in [-0.25, -0.2) is 0 Å². The molecule has 0 bridgehead atoms. The summed E-state index contributed by atoms with van der Waals surface area (Å²) in [4.78, 5) is 26.8. The minimum absolute atomic E-state index is 0.0129. The Bertz CT molecular complexity index is 905. The Kier molecular flexibility index (Phi) is 5.86. The second-order valence-corrected chi connectivity index (χ2v) is 8.58. The number of carbonyl (C=O) groups is 1. The molecule has 1 saturated heterocycles. The van der Waals surface area contributed by atoms with E-state index < -0.39 is 11.5 Å². The number of phenolic OH excluding ortho intramolecular Hbond substituents is 1. The van der Waals surface area contributed by atoms with Gasteiger partial charge in [0.2, 0.25) is 5.91 Å². The largest absolute Gasteiger partial charge is 0.508 e. The fraction of sp³-hybridized carbons (Fsp3) is 0.458. The lowest BCUT2D eigenvalue weighted by atomic mass is 9.91. The fourth-order valence-electron chi connectivity index (χ4n) is 4.45. The maximum atomic E-state index is 13.4. The maximum absolute atomic E-state index is 13.4. The quantitative estimate of drug-likeness (QED) is 0.643. The minimum atomic E-state index is -0.656. The Morgan fingerprint density at radius 3 is 2.50 bits per heavy atom. The molecule has 6 heteroatoms. The molecule has 2 fully saturated rings. The highest BCUT2D eigenvalue weighted by atomic mass is 16.3. The summed E-state index contributed by atoms with van der Waals surface area (Å²) >= 11 is 0. The standard InChI is InChI=1S/C24H29N3O3/c1-17(26-30)20-15-19(9-10-22(20)28)24(11-12-24)23(29)25-21(16-27-13-5-6-14-27)18-7-3-2-4-8-18/h2-4,7-10,15,17,21,28H,5-6,11-14,16H2,1H3,(H,25,29)/t17?,21-/m1/s1. The highest BCUT2D eigenvalue weighted by molar-refractivity contribution is 5.91. The van der Waals surface area contributed by atoms with E-state index in [0.29, 0.717) is 5.56 Å². The summed E-state index contributed by atoms with van der Waals surface area (Å²) in [5.41, 5.74) is 1.83. The number of phenols is 1. The van der Waals surface area contributed by atoms with Gasteiger partial charge < -0.3 is 15.3 Å². The Hall–Kier alpha value is -2.73. The molecular formula is C24H29N3O3. The van der Waals surface area contributed by atoms with Crippen LogP contribution in [-0.2, 0) is 10.2 Å². The van der Waals surface area contributed by atoms with Gasteiger partial charge in [-0.1, -0.05) is 41.6 Å². The molecule has 1 aliphatic heterocycles. The number of hydrogen-bond acceptors (Lipinski definition) is 5. The molecule has 0 radical (unpaired) electrons. The van der Waals surface area contributed by atoms with Crippen LogP contribution < -0.4 is 5.32 Å². The molecule has 1 saturated carbocycles. The average molecular weight is 408 g/mol. The first-order valence-electron chi connectivity index (χ1n) is 10.8. The summed E-state index contributed by atoms with van der Waals surface area (Å²) in [6.07, 6.45) is 3.94. The normalized spacial score (nSPS) is 19.8. The van der Waals surface area contributed by atoms with Crippen molar-refractivity contribution in [2.75, 3.05) is 19.6 Å². The van der Waals surface area contributed by atoms with E-state index in [2.05, 4.69) is 27.5 Å². The first-order chi connectivity index (χ1) is 14.5. The second kappa shape index (κ2) is 8.56. The molecule has 2 aromatic carbocycles. The summed E-state index contributed by atoms with van der Waals surface area (Å²) in [6, 6.07) is 14.5. The van der Waals surface area contributed by atoms with Crippen molar-refractivity contribution >= 4 is 5.91 Å². The number of nitrogens with zero attached hydrogens (tertiary/aromatic N) is 2. The highest BCUT2D eigenvalue weighted by Gasteiger charge is 2.52. The van der Waals surface area contributed by atoms with Gasteiger partial charge in [0.1, 0.15) is 11.8 Å². The number of nitroso groups, excluding NO2 is 1. The monoisotopic (exact) mass is 407 g/mol. The van der Waals surface area contributed by atoms with E-state index in [0.717, 1.165) is 43.6 Å². The van der Waals surface area contributed by atoms with Crippen LogP contribution in [0.4, 0.5) is 0 Å². The van der Waals surface area contributed by atoms with Crippen molar-refractivity contribution in [3.63, 3.8) is 0 Å². The lowest BCUT2D eigenvalue weighted by Gasteiger charge is -2.27. The van der Waals surface area contributed by atoms with Crippen molar-refractivity contribution in [2.24, 2.45) is 5.18 Å². The molecule has 2 N–H and O–H groups in total. The summed E-state index contributed by atoms with van der Waals surface area (Å²) in [5, 5.41) is 16.5. The van der Waals surface area contributed by atoms with Crippen LogP contribution in [0.1, 0.15) is 61.4 Å². The molecular weight excluding hydrogens is 378 g/mol. The van der Waals surface area contributed by atoms with Crippen molar-refractivity contribution in [1.82, 2.24) is 10.2 Å². The Morgan fingerprint density at radius 1 is 1.17 bits per heavy atom. The molecule has 0 aromatic heterocycles. The third-order valence-electron chi connectivity index (χ3n) is 6.52. The van der Waals surface area contributed by atoms with Crippen LogP contribution in [0.15, 0.2) is 53.7 Å². The average Bonchev–Trinajstić information content (AvgIpc) is 3.43. The van der Waals surface area contributed by atoms with Gasteiger partial charge in [-0.05, 0) is 69.0 Å². The number of benzene rings is 2. The van der Waals surface area contributed by atoms with E-state index in [9.17, 15) is 14.8 Å².